The molecule has 0 aliphatic carbocycles. The Labute approximate surface area is 98.2 Å². The van der Waals surface area contributed by atoms with Crippen molar-refractivity contribution in [2.75, 3.05) is 19.8 Å². The second-order valence-corrected chi connectivity index (χ2v) is 4.01. The molecular weight excluding hydrogens is 200 g/mol. The van der Waals surface area contributed by atoms with Gasteiger partial charge in [0.2, 0.25) is 0 Å². The molecule has 0 radical (unpaired) electrons. The van der Waals surface area contributed by atoms with Gasteiger partial charge in [0.25, 0.3) is 0 Å². The maximum atomic E-state index is 5.40. The number of rotatable bonds is 8. The third-order valence-electron chi connectivity index (χ3n) is 2.25. The Kier molecular flexibility index (Phi) is 6.77. The van der Waals surface area contributed by atoms with E-state index in [1.807, 2.05) is 12.4 Å². The van der Waals surface area contributed by atoms with Crippen LogP contribution in [-0.4, -0.2) is 24.7 Å². The SMILES string of the molecule is CCCOCCCNCc1cncc(C)c1. The van der Waals surface area contributed by atoms with E-state index in [0.717, 1.165) is 39.1 Å². The molecule has 1 heterocycles. The number of nitrogens with one attached hydrogen (secondary N) is 1. The van der Waals surface area contributed by atoms with Crippen LogP contribution in [0.3, 0.4) is 0 Å². The lowest BCUT2D eigenvalue weighted by Crippen LogP contribution is -2.16. The van der Waals surface area contributed by atoms with E-state index in [1.165, 1.54) is 11.1 Å². The van der Waals surface area contributed by atoms with Crippen molar-refractivity contribution in [1.29, 1.82) is 0 Å². The van der Waals surface area contributed by atoms with Crippen molar-refractivity contribution < 1.29 is 4.74 Å². The first-order valence-electron chi connectivity index (χ1n) is 6.02. The van der Waals surface area contributed by atoms with Gasteiger partial charge in [-0.3, -0.25) is 4.98 Å². The Morgan fingerprint density at radius 3 is 2.94 bits per heavy atom. The predicted octanol–water partition coefficient (Wildman–Crippen LogP) is 2.30. The van der Waals surface area contributed by atoms with Crippen LogP contribution in [0, 0.1) is 6.92 Å². The summed E-state index contributed by atoms with van der Waals surface area (Å²) in [6.07, 6.45) is 5.96. The molecule has 0 saturated carbocycles. The first kappa shape index (κ1) is 13.1. The Bertz CT molecular complexity index is 289. The highest BCUT2D eigenvalue weighted by molar-refractivity contribution is 5.16. The number of pyridine rings is 1. The fourth-order valence-corrected chi connectivity index (χ4v) is 1.49. The largest absolute Gasteiger partial charge is 0.381 e. The van der Waals surface area contributed by atoms with Gasteiger partial charge in [0.05, 0.1) is 0 Å². The van der Waals surface area contributed by atoms with Crippen LogP contribution in [0.2, 0.25) is 0 Å². The average molecular weight is 222 g/mol. The van der Waals surface area contributed by atoms with Gasteiger partial charge in [-0.05, 0) is 37.4 Å². The predicted molar refractivity (Wildman–Crippen MR) is 66.4 cm³/mol. The Morgan fingerprint density at radius 1 is 1.31 bits per heavy atom. The second-order valence-electron chi connectivity index (χ2n) is 4.01. The van der Waals surface area contributed by atoms with Gasteiger partial charge in [0, 0.05) is 32.2 Å². The van der Waals surface area contributed by atoms with E-state index in [4.69, 9.17) is 4.74 Å². The van der Waals surface area contributed by atoms with Crippen LogP contribution in [0.25, 0.3) is 0 Å². The van der Waals surface area contributed by atoms with Crippen LogP contribution < -0.4 is 5.32 Å². The maximum absolute atomic E-state index is 5.40. The van der Waals surface area contributed by atoms with Crippen LogP contribution in [0.15, 0.2) is 18.5 Å². The van der Waals surface area contributed by atoms with Gasteiger partial charge < -0.3 is 10.1 Å². The van der Waals surface area contributed by atoms with Gasteiger partial charge in [-0.25, -0.2) is 0 Å². The summed E-state index contributed by atoms with van der Waals surface area (Å²) in [5.41, 5.74) is 2.46. The smallest absolute Gasteiger partial charge is 0.0478 e. The van der Waals surface area contributed by atoms with E-state index in [1.54, 1.807) is 0 Å². The van der Waals surface area contributed by atoms with E-state index >= 15 is 0 Å². The molecule has 0 saturated heterocycles. The summed E-state index contributed by atoms with van der Waals surface area (Å²) >= 11 is 0. The summed E-state index contributed by atoms with van der Waals surface area (Å²) in [6.45, 7) is 7.81. The van der Waals surface area contributed by atoms with Crippen molar-refractivity contribution in [3.63, 3.8) is 0 Å². The number of ether oxygens (including phenoxy) is 1. The Balaban J connectivity index is 2.03. The normalized spacial score (nSPS) is 10.6. The number of aromatic nitrogens is 1. The summed E-state index contributed by atoms with van der Waals surface area (Å²) < 4.78 is 5.40. The Hall–Kier alpha value is -0.930. The molecule has 0 atom stereocenters. The van der Waals surface area contributed by atoms with Crippen molar-refractivity contribution in [3.05, 3.63) is 29.6 Å². The van der Waals surface area contributed by atoms with Crippen LogP contribution in [0.5, 0.6) is 0 Å². The van der Waals surface area contributed by atoms with Gasteiger partial charge in [-0.2, -0.15) is 0 Å². The molecule has 1 rings (SSSR count). The van der Waals surface area contributed by atoms with Gasteiger partial charge >= 0.3 is 0 Å². The molecule has 1 aromatic heterocycles. The lowest BCUT2D eigenvalue weighted by Gasteiger charge is -2.05. The van der Waals surface area contributed by atoms with E-state index in [-0.39, 0.29) is 0 Å². The summed E-state index contributed by atoms with van der Waals surface area (Å²) in [7, 11) is 0. The molecule has 3 heteroatoms. The standard InChI is InChI=1S/C13H22N2O/c1-3-6-16-7-4-5-14-10-13-8-12(2)9-15-11-13/h8-9,11,14H,3-7,10H2,1-2H3. The van der Waals surface area contributed by atoms with Gasteiger partial charge in [0.15, 0.2) is 0 Å². The minimum absolute atomic E-state index is 0.854. The first-order valence-corrected chi connectivity index (χ1v) is 6.02. The van der Waals surface area contributed by atoms with E-state index < -0.39 is 0 Å². The Morgan fingerprint density at radius 2 is 2.19 bits per heavy atom. The average Bonchev–Trinajstić information content (AvgIpc) is 2.28. The third-order valence-corrected chi connectivity index (χ3v) is 2.25. The summed E-state index contributed by atoms with van der Waals surface area (Å²) in [5, 5.41) is 3.39. The number of hydrogen-bond donors (Lipinski definition) is 1. The molecule has 0 aliphatic rings. The quantitative estimate of drug-likeness (QED) is 0.685. The zero-order valence-electron chi connectivity index (χ0n) is 10.3. The molecule has 1 N–H and O–H groups in total. The fourth-order valence-electron chi connectivity index (χ4n) is 1.49. The molecule has 16 heavy (non-hydrogen) atoms. The summed E-state index contributed by atoms with van der Waals surface area (Å²) in [4.78, 5) is 4.16. The van der Waals surface area contributed by atoms with Gasteiger partial charge in [-0.15, -0.1) is 0 Å². The van der Waals surface area contributed by atoms with Crippen molar-refractivity contribution >= 4 is 0 Å². The van der Waals surface area contributed by atoms with Gasteiger partial charge in [-0.1, -0.05) is 13.0 Å². The molecular formula is C13H22N2O. The first-order chi connectivity index (χ1) is 7.83. The molecule has 0 unspecified atom stereocenters. The third kappa shape index (κ3) is 5.83. The van der Waals surface area contributed by atoms with E-state index in [2.05, 4.69) is 30.2 Å². The molecule has 3 nitrogen and oxygen atoms in total. The number of nitrogens with zero attached hydrogens (tertiary/aromatic N) is 1. The lowest BCUT2D eigenvalue weighted by atomic mass is 10.2. The van der Waals surface area contributed by atoms with Crippen molar-refractivity contribution in [1.82, 2.24) is 10.3 Å². The molecule has 0 aromatic carbocycles. The summed E-state index contributed by atoms with van der Waals surface area (Å²) in [6, 6.07) is 2.16. The highest BCUT2D eigenvalue weighted by Gasteiger charge is 1.93. The van der Waals surface area contributed by atoms with Crippen molar-refractivity contribution in [2.24, 2.45) is 0 Å². The highest BCUT2D eigenvalue weighted by Crippen LogP contribution is 2.00. The lowest BCUT2D eigenvalue weighted by molar-refractivity contribution is 0.132. The highest BCUT2D eigenvalue weighted by atomic mass is 16.5. The summed E-state index contributed by atoms with van der Waals surface area (Å²) in [5.74, 6) is 0. The number of hydrogen-bond acceptors (Lipinski definition) is 3. The minimum Gasteiger partial charge on any atom is -0.381 e. The van der Waals surface area contributed by atoms with Crippen molar-refractivity contribution in [2.45, 2.75) is 33.2 Å². The molecule has 0 aliphatic heterocycles. The molecule has 0 fully saturated rings. The van der Waals surface area contributed by atoms with Gasteiger partial charge in [0.1, 0.15) is 0 Å². The minimum atomic E-state index is 0.854. The van der Waals surface area contributed by atoms with Crippen LogP contribution >= 0.6 is 0 Å². The van der Waals surface area contributed by atoms with Crippen LogP contribution in [-0.2, 0) is 11.3 Å². The zero-order chi connectivity index (χ0) is 11.6. The molecule has 0 bridgehead atoms. The van der Waals surface area contributed by atoms with E-state index in [0.29, 0.717) is 0 Å². The second kappa shape index (κ2) is 8.25. The van der Waals surface area contributed by atoms with Crippen LogP contribution in [0.4, 0.5) is 0 Å². The molecule has 1 aromatic rings. The van der Waals surface area contributed by atoms with E-state index in [9.17, 15) is 0 Å². The molecule has 0 spiro atoms. The monoisotopic (exact) mass is 222 g/mol. The fraction of sp³-hybridized carbons (Fsp3) is 0.615. The van der Waals surface area contributed by atoms with Crippen molar-refractivity contribution in [3.8, 4) is 0 Å². The van der Waals surface area contributed by atoms with Crippen LogP contribution in [0.1, 0.15) is 30.9 Å². The molecule has 90 valence electrons. The topological polar surface area (TPSA) is 34.1 Å². The number of aryl methyl sites for hydroxylation is 1. The maximum Gasteiger partial charge on any atom is 0.0478 e. The molecule has 0 amide bonds. The zero-order valence-corrected chi connectivity index (χ0v) is 10.3.